The second kappa shape index (κ2) is 4.09. The van der Waals surface area contributed by atoms with Crippen LogP contribution in [0, 0.1) is 5.41 Å². The molecule has 0 radical (unpaired) electrons. The van der Waals surface area contributed by atoms with E-state index in [4.69, 9.17) is 11.5 Å². The fourth-order valence-electron chi connectivity index (χ4n) is 1.69. The van der Waals surface area contributed by atoms with Gasteiger partial charge in [0.25, 0.3) is 0 Å². The zero-order valence-corrected chi connectivity index (χ0v) is 9.18. The van der Waals surface area contributed by atoms with E-state index in [-0.39, 0.29) is 11.3 Å². The minimum atomic E-state index is -0.826. The zero-order chi connectivity index (χ0) is 10.7. The molecule has 0 spiro atoms. The number of carbonyl (C=O) groups is 1. The molecule has 0 saturated heterocycles. The molecule has 0 bridgehead atoms. The summed E-state index contributed by atoms with van der Waals surface area (Å²) < 4.78 is 0. The Bertz CT molecular complexity index is 184. The molecule has 4 N–H and O–H groups in total. The van der Waals surface area contributed by atoms with Crippen molar-refractivity contribution in [3.63, 3.8) is 0 Å². The van der Waals surface area contributed by atoms with Gasteiger partial charge < -0.3 is 11.5 Å². The molecule has 0 aliphatic rings. The number of hydrogen-bond acceptors (Lipinski definition) is 2. The highest BCUT2D eigenvalue weighted by Gasteiger charge is 2.35. The SMILES string of the molecule is CCC[C@@](N)(CC(C)(C)C)C(N)=O. The van der Waals surface area contributed by atoms with Crippen LogP contribution >= 0.6 is 0 Å². The van der Waals surface area contributed by atoms with Crippen LogP contribution in [0.1, 0.15) is 47.0 Å². The van der Waals surface area contributed by atoms with Gasteiger partial charge in [0.15, 0.2) is 0 Å². The van der Waals surface area contributed by atoms with Crippen molar-refractivity contribution in [2.45, 2.75) is 52.5 Å². The quantitative estimate of drug-likeness (QED) is 0.697. The molecule has 0 aliphatic carbocycles. The van der Waals surface area contributed by atoms with E-state index in [1.807, 2.05) is 6.92 Å². The maximum atomic E-state index is 11.2. The van der Waals surface area contributed by atoms with Crippen LogP contribution in [0.5, 0.6) is 0 Å². The molecule has 0 heterocycles. The highest BCUT2D eigenvalue weighted by molar-refractivity contribution is 5.84. The first-order chi connectivity index (χ1) is 5.71. The van der Waals surface area contributed by atoms with Crippen LogP contribution in [0.4, 0.5) is 0 Å². The summed E-state index contributed by atoms with van der Waals surface area (Å²) in [5.74, 6) is -0.385. The van der Waals surface area contributed by atoms with Gasteiger partial charge in [0.1, 0.15) is 0 Å². The zero-order valence-electron chi connectivity index (χ0n) is 9.18. The van der Waals surface area contributed by atoms with Gasteiger partial charge in [0.2, 0.25) is 5.91 Å². The van der Waals surface area contributed by atoms with Gasteiger partial charge in [-0.2, -0.15) is 0 Å². The Labute approximate surface area is 80.9 Å². The normalized spacial score (nSPS) is 16.7. The number of primary amides is 1. The summed E-state index contributed by atoms with van der Waals surface area (Å²) in [6.07, 6.45) is 2.19. The van der Waals surface area contributed by atoms with Crippen molar-refractivity contribution in [1.82, 2.24) is 0 Å². The molecule has 0 aromatic heterocycles. The number of hydrogen-bond donors (Lipinski definition) is 2. The molecule has 0 aromatic carbocycles. The van der Waals surface area contributed by atoms with Crippen molar-refractivity contribution in [1.29, 1.82) is 0 Å². The Morgan fingerprint density at radius 2 is 1.77 bits per heavy atom. The monoisotopic (exact) mass is 186 g/mol. The molecule has 1 atom stereocenters. The molecule has 3 heteroatoms. The number of amides is 1. The summed E-state index contributed by atoms with van der Waals surface area (Å²) >= 11 is 0. The summed E-state index contributed by atoms with van der Waals surface area (Å²) in [6, 6.07) is 0. The van der Waals surface area contributed by atoms with Crippen molar-refractivity contribution >= 4 is 5.91 Å². The van der Waals surface area contributed by atoms with Gasteiger partial charge in [-0.3, -0.25) is 4.79 Å². The van der Waals surface area contributed by atoms with E-state index in [9.17, 15) is 4.79 Å². The van der Waals surface area contributed by atoms with Gasteiger partial charge in [0, 0.05) is 0 Å². The summed E-state index contributed by atoms with van der Waals surface area (Å²) in [5, 5.41) is 0. The largest absolute Gasteiger partial charge is 0.368 e. The molecule has 78 valence electrons. The highest BCUT2D eigenvalue weighted by atomic mass is 16.1. The van der Waals surface area contributed by atoms with Gasteiger partial charge >= 0.3 is 0 Å². The molecule has 0 aliphatic heterocycles. The first kappa shape index (κ1) is 12.4. The third-order valence-electron chi connectivity index (χ3n) is 2.03. The lowest BCUT2D eigenvalue weighted by atomic mass is 9.77. The molecule has 1 amide bonds. The molecule has 3 nitrogen and oxygen atoms in total. The molecular formula is C10H22N2O. The number of nitrogens with two attached hydrogens (primary N) is 2. The van der Waals surface area contributed by atoms with E-state index >= 15 is 0 Å². The first-order valence-corrected chi connectivity index (χ1v) is 4.80. The van der Waals surface area contributed by atoms with Crippen molar-refractivity contribution in [2.24, 2.45) is 16.9 Å². The van der Waals surface area contributed by atoms with Crippen LogP contribution in [-0.4, -0.2) is 11.4 Å². The fourth-order valence-corrected chi connectivity index (χ4v) is 1.69. The van der Waals surface area contributed by atoms with Crippen molar-refractivity contribution in [3.8, 4) is 0 Å². The van der Waals surface area contributed by atoms with E-state index in [1.165, 1.54) is 0 Å². The van der Waals surface area contributed by atoms with Gasteiger partial charge in [-0.25, -0.2) is 0 Å². The van der Waals surface area contributed by atoms with E-state index < -0.39 is 5.54 Å². The van der Waals surface area contributed by atoms with E-state index in [0.29, 0.717) is 12.8 Å². The summed E-state index contributed by atoms with van der Waals surface area (Å²) in [4.78, 5) is 11.2. The second-order valence-corrected chi connectivity index (χ2v) is 5.01. The minimum Gasteiger partial charge on any atom is -0.368 e. The van der Waals surface area contributed by atoms with E-state index in [0.717, 1.165) is 6.42 Å². The van der Waals surface area contributed by atoms with Gasteiger partial charge in [-0.1, -0.05) is 34.1 Å². The van der Waals surface area contributed by atoms with Gasteiger partial charge in [-0.05, 0) is 18.3 Å². The predicted octanol–water partition coefficient (Wildman–Crippen LogP) is 1.41. The topological polar surface area (TPSA) is 69.1 Å². The summed E-state index contributed by atoms with van der Waals surface area (Å²) in [5.41, 5.74) is 10.5. The van der Waals surface area contributed by atoms with Crippen LogP contribution in [0.2, 0.25) is 0 Å². The van der Waals surface area contributed by atoms with E-state index in [1.54, 1.807) is 0 Å². The first-order valence-electron chi connectivity index (χ1n) is 4.80. The lowest BCUT2D eigenvalue weighted by molar-refractivity contribution is -0.124. The lowest BCUT2D eigenvalue weighted by Crippen LogP contribution is -2.53. The standard InChI is InChI=1S/C10H22N2O/c1-5-6-10(12,8(11)13)7-9(2,3)4/h5-7,12H2,1-4H3,(H2,11,13)/t10-/m1/s1. The Hall–Kier alpha value is -0.570. The van der Waals surface area contributed by atoms with Gasteiger partial charge in [-0.15, -0.1) is 0 Å². The molecule has 0 saturated carbocycles. The smallest absolute Gasteiger partial charge is 0.237 e. The average molecular weight is 186 g/mol. The fraction of sp³-hybridized carbons (Fsp3) is 0.900. The minimum absolute atomic E-state index is 0.0406. The predicted molar refractivity (Wildman–Crippen MR) is 55.1 cm³/mol. The second-order valence-electron chi connectivity index (χ2n) is 5.01. The summed E-state index contributed by atoms with van der Waals surface area (Å²) in [7, 11) is 0. The van der Waals surface area contributed by atoms with Crippen LogP contribution in [0.3, 0.4) is 0 Å². The van der Waals surface area contributed by atoms with E-state index in [2.05, 4.69) is 20.8 Å². The molecule has 13 heavy (non-hydrogen) atoms. The number of carbonyl (C=O) groups excluding carboxylic acids is 1. The van der Waals surface area contributed by atoms with Crippen molar-refractivity contribution in [2.75, 3.05) is 0 Å². The Kier molecular flexibility index (Phi) is 3.91. The van der Waals surface area contributed by atoms with Crippen LogP contribution in [0.15, 0.2) is 0 Å². The molecule has 0 rings (SSSR count). The molecule has 0 unspecified atom stereocenters. The average Bonchev–Trinajstić information content (AvgIpc) is 1.82. The summed E-state index contributed by atoms with van der Waals surface area (Å²) in [6.45, 7) is 8.20. The maximum absolute atomic E-state index is 11.2. The van der Waals surface area contributed by atoms with Crippen molar-refractivity contribution < 1.29 is 4.79 Å². The third kappa shape index (κ3) is 4.27. The Balaban J connectivity index is 4.51. The van der Waals surface area contributed by atoms with Crippen molar-refractivity contribution in [3.05, 3.63) is 0 Å². The molecule has 0 aromatic rings. The third-order valence-corrected chi connectivity index (χ3v) is 2.03. The molecule has 0 fully saturated rings. The van der Waals surface area contributed by atoms with Crippen LogP contribution in [0.25, 0.3) is 0 Å². The lowest BCUT2D eigenvalue weighted by Gasteiger charge is -2.32. The highest BCUT2D eigenvalue weighted by Crippen LogP contribution is 2.28. The number of rotatable bonds is 4. The Morgan fingerprint density at radius 3 is 2.00 bits per heavy atom. The van der Waals surface area contributed by atoms with Crippen LogP contribution in [-0.2, 0) is 4.79 Å². The van der Waals surface area contributed by atoms with Gasteiger partial charge in [0.05, 0.1) is 5.54 Å². The maximum Gasteiger partial charge on any atom is 0.237 e. The Morgan fingerprint density at radius 1 is 1.31 bits per heavy atom. The van der Waals surface area contributed by atoms with Crippen LogP contribution < -0.4 is 11.5 Å². The molecular weight excluding hydrogens is 164 g/mol.